The van der Waals surface area contributed by atoms with Gasteiger partial charge in [0.15, 0.2) is 0 Å². The molecular formula is C23H28N6O2S. The van der Waals surface area contributed by atoms with Crippen LogP contribution in [0.1, 0.15) is 44.3 Å². The Morgan fingerprint density at radius 2 is 2.00 bits per heavy atom. The SMILES string of the molecule is CCS(=O)(=O)NC[C@H]1CC[C@H](c2nc(-c3cc4ccccc4[nH]3)c3c(N)nccn32)CC1. The first-order valence-electron chi connectivity index (χ1n) is 11.1. The molecule has 3 aromatic heterocycles. The van der Waals surface area contributed by atoms with Crippen molar-refractivity contribution in [1.29, 1.82) is 0 Å². The molecule has 1 saturated carbocycles. The van der Waals surface area contributed by atoms with E-state index in [1.54, 1.807) is 13.1 Å². The Balaban J connectivity index is 1.44. The number of benzene rings is 1. The number of imidazole rings is 1. The quantitative estimate of drug-likeness (QED) is 0.412. The number of aromatic amines is 1. The van der Waals surface area contributed by atoms with Crippen molar-refractivity contribution >= 4 is 32.3 Å². The third kappa shape index (κ3) is 3.86. The molecule has 4 N–H and O–H groups in total. The summed E-state index contributed by atoms with van der Waals surface area (Å²) in [7, 11) is -3.15. The van der Waals surface area contributed by atoms with Crippen LogP contribution in [0.15, 0.2) is 42.7 Å². The number of rotatable bonds is 6. The molecule has 4 aromatic rings. The zero-order valence-electron chi connectivity index (χ0n) is 18.1. The highest BCUT2D eigenvalue weighted by molar-refractivity contribution is 7.89. The molecule has 0 radical (unpaired) electrons. The first-order chi connectivity index (χ1) is 15.4. The van der Waals surface area contributed by atoms with Crippen LogP contribution in [0.4, 0.5) is 5.82 Å². The van der Waals surface area contributed by atoms with Crippen molar-refractivity contribution in [2.24, 2.45) is 5.92 Å². The van der Waals surface area contributed by atoms with Crippen LogP contribution < -0.4 is 10.5 Å². The average Bonchev–Trinajstić information content (AvgIpc) is 3.40. The van der Waals surface area contributed by atoms with E-state index < -0.39 is 10.0 Å². The molecule has 0 spiro atoms. The van der Waals surface area contributed by atoms with Crippen LogP contribution in [-0.4, -0.2) is 40.1 Å². The van der Waals surface area contributed by atoms with E-state index in [2.05, 4.69) is 31.2 Å². The minimum absolute atomic E-state index is 0.119. The lowest BCUT2D eigenvalue weighted by Gasteiger charge is -2.27. The van der Waals surface area contributed by atoms with E-state index in [0.717, 1.165) is 59.3 Å². The second-order valence-corrected chi connectivity index (χ2v) is 10.7. The molecule has 168 valence electrons. The van der Waals surface area contributed by atoms with E-state index in [1.807, 2.05) is 24.4 Å². The van der Waals surface area contributed by atoms with Gasteiger partial charge < -0.3 is 10.7 Å². The van der Waals surface area contributed by atoms with Crippen LogP contribution in [0.2, 0.25) is 0 Å². The zero-order chi connectivity index (χ0) is 22.3. The molecule has 1 aliphatic rings. The van der Waals surface area contributed by atoms with Gasteiger partial charge in [-0.2, -0.15) is 0 Å². The summed E-state index contributed by atoms with van der Waals surface area (Å²) in [6.07, 6.45) is 7.51. The van der Waals surface area contributed by atoms with Crippen molar-refractivity contribution in [1.82, 2.24) is 24.1 Å². The van der Waals surface area contributed by atoms with Crippen molar-refractivity contribution in [2.75, 3.05) is 18.0 Å². The predicted octanol–water partition coefficient (Wildman–Crippen LogP) is 3.67. The highest BCUT2D eigenvalue weighted by Gasteiger charge is 2.28. The molecule has 32 heavy (non-hydrogen) atoms. The van der Waals surface area contributed by atoms with Crippen LogP contribution in [0.25, 0.3) is 27.8 Å². The lowest BCUT2D eigenvalue weighted by molar-refractivity contribution is 0.318. The maximum Gasteiger partial charge on any atom is 0.211 e. The average molecular weight is 453 g/mol. The number of nitrogens with zero attached hydrogens (tertiary/aromatic N) is 3. The van der Waals surface area contributed by atoms with E-state index in [-0.39, 0.29) is 5.75 Å². The van der Waals surface area contributed by atoms with Crippen molar-refractivity contribution in [3.63, 3.8) is 0 Å². The Labute approximate surface area is 187 Å². The fraction of sp³-hybridized carbons (Fsp3) is 0.391. The fourth-order valence-corrected chi connectivity index (χ4v) is 5.43. The molecule has 1 aromatic carbocycles. The van der Waals surface area contributed by atoms with E-state index >= 15 is 0 Å². The second-order valence-electron chi connectivity index (χ2n) is 8.59. The first-order valence-corrected chi connectivity index (χ1v) is 12.8. The fourth-order valence-electron chi connectivity index (χ4n) is 4.74. The number of nitrogen functional groups attached to an aromatic ring is 1. The molecule has 0 unspecified atom stereocenters. The van der Waals surface area contributed by atoms with E-state index in [1.165, 1.54) is 0 Å². The molecule has 9 heteroatoms. The van der Waals surface area contributed by atoms with Gasteiger partial charge >= 0.3 is 0 Å². The van der Waals surface area contributed by atoms with Crippen molar-refractivity contribution in [3.8, 4) is 11.4 Å². The highest BCUT2D eigenvalue weighted by atomic mass is 32.2. The van der Waals surface area contributed by atoms with Gasteiger partial charge in [-0.1, -0.05) is 18.2 Å². The van der Waals surface area contributed by atoms with E-state index in [0.29, 0.717) is 24.2 Å². The predicted molar refractivity (Wildman–Crippen MR) is 127 cm³/mol. The summed E-state index contributed by atoms with van der Waals surface area (Å²) in [4.78, 5) is 12.8. The van der Waals surface area contributed by atoms with Gasteiger partial charge in [-0.25, -0.2) is 23.1 Å². The van der Waals surface area contributed by atoms with Gasteiger partial charge in [0.1, 0.15) is 22.9 Å². The van der Waals surface area contributed by atoms with Gasteiger partial charge in [-0.3, -0.25) is 4.40 Å². The maximum absolute atomic E-state index is 11.8. The summed E-state index contributed by atoms with van der Waals surface area (Å²) in [5.74, 6) is 2.23. The number of sulfonamides is 1. The highest BCUT2D eigenvalue weighted by Crippen LogP contribution is 2.38. The summed E-state index contributed by atoms with van der Waals surface area (Å²) in [6, 6.07) is 10.3. The summed E-state index contributed by atoms with van der Waals surface area (Å²) in [5, 5.41) is 1.13. The largest absolute Gasteiger partial charge is 0.382 e. The van der Waals surface area contributed by atoms with Gasteiger partial charge in [-0.05, 0) is 50.7 Å². The van der Waals surface area contributed by atoms with Crippen molar-refractivity contribution in [2.45, 2.75) is 38.5 Å². The zero-order valence-corrected chi connectivity index (χ0v) is 18.9. The number of anilines is 1. The molecule has 0 bridgehead atoms. The second kappa shape index (κ2) is 8.22. The van der Waals surface area contributed by atoms with Crippen molar-refractivity contribution in [3.05, 3.63) is 48.5 Å². The van der Waals surface area contributed by atoms with Gasteiger partial charge in [0.2, 0.25) is 10.0 Å². The Morgan fingerprint density at radius 1 is 1.22 bits per heavy atom. The molecule has 0 amide bonds. The topological polar surface area (TPSA) is 118 Å². The molecule has 5 rings (SSSR count). The summed E-state index contributed by atoms with van der Waals surface area (Å²) in [6.45, 7) is 2.18. The number of para-hydroxylation sites is 1. The van der Waals surface area contributed by atoms with Gasteiger partial charge in [0.25, 0.3) is 0 Å². The third-order valence-corrected chi connectivity index (χ3v) is 7.95. The summed E-state index contributed by atoms with van der Waals surface area (Å²) in [5.41, 5.74) is 9.93. The molecule has 0 aliphatic heterocycles. The molecule has 0 saturated heterocycles. The normalized spacial score (nSPS) is 19.7. The number of fused-ring (bicyclic) bond motifs is 2. The lowest BCUT2D eigenvalue weighted by atomic mass is 9.81. The molecular weight excluding hydrogens is 424 g/mol. The monoisotopic (exact) mass is 452 g/mol. The van der Waals surface area contributed by atoms with E-state index in [9.17, 15) is 8.42 Å². The lowest BCUT2D eigenvalue weighted by Crippen LogP contribution is -2.32. The third-order valence-electron chi connectivity index (χ3n) is 6.58. The van der Waals surface area contributed by atoms with Gasteiger partial charge in [-0.15, -0.1) is 0 Å². The van der Waals surface area contributed by atoms with Crippen LogP contribution in [0, 0.1) is 5.92 Å². The van der Waals surface area contributed by atoms with Crippen molar-refractivity contribution < 1.29 is 8.42 Å². The Kier molecular flexibility index (Phi) is 5.38. The smallest absolute Gasteiger partial charge is 0.211 e. The van der Waals surface area contributed by atoms with Crippen LogP contribution in [-0.2, 0) is 10.0 Å². The summed E-state index contributed by atoms with van der Waals surface area (Å²) >= 11 is 0. The van der Waals surface area contributed by atoms with Crippen LogP contribution in [0.5, 0.6) is 0 Å². The Morgan fingerprint density at radius 3 is 2.75 bits per heavy atom. The van der Waals surface area contributed by atoms with Gasteiger partial charge in [0, 0.05) is 35.8 Å². The molecule has 0 atom stereocenters. The number of hydrogen-bond donors (Lipinski definition) is 3. The molecule has 1 fully saturated rings. The molecule has 8 nitrogen and oxygen atoms in total. The Bertz CT molecular complexity index is 1330. The maximum atomic E-state index is 11.8. The van der Waals surface area contributed by atoms with Gasteiger partial charge in [0.05, 0.1) is 11.4 Å². The standard InChI is InChI=1S/C23H28N6O2S/c1-2-32(30,31)26-14-15-7-9-16(10-8-15)23-28-20(21-22(24)25-11-12-29(21)23)19-13-17-5-3-4-6-18(17)27-19/h3-6,11-13,15-16,26-27H,2,7-10,14H2,1H3,(H2,24,25)/t15-,16-. The van der Waals surface area contributed by atoms with Crippen LogP contribution >= 0.6 is 0 Å². The van der Waals surface area contributed by atoms with E-state index in [4.69, 9.17) is 10.7 Å². The number of nitrogens with one attached hydrogen (secondary N) is 2. The number of aromatic nitrogens is 4. The Hall–Kier alpha value is -2.91. The first kappa shape index (κ1) is 21.0. The molecule has 1 aliphatic carbocycles. The molecule has 3 heterocycles. The minimum atomic E-state index is -3.15. The summed E-state index contributed by atoms with van der Waals surface area (Å²) < 4.78 is 28.3. The number of H-pyrrole nitrogens is 1. The number of nitrogens with two attached hydrogens (primary N) is 1. The van der Waals surface area contributed by atoms with Crippen LogP contribution in [0.3, 0.4) is 0 Å². The minimum Gasteiger partial charge on any atom is -0.382 e. The number of hydrogen-bond acceptors (Lipinski definition) is 5.